The molecule has 30 heavy (non-hydrogen) atoms. The number of amides is 1. The van der Waals surface area contributed by atoms with Gasteiger partial charge in [0.15, 0.2) is 5.82 Å². The van der Waals surface area contributed by atoms with Crippen LogP contribution >= 0.6 is 0 Å². The van der Waals surface area contributed by atoms with Gasteiger partial charge in [0.2, 0.25) is 0 Å². The maximum atomic E-state index is 14.4. The van der Waals surface area contributed by atoms with Crippen molar-refractivity contribution in [3.63, 3.8) is 0 Å². The number of halogens is 1. The Morgan fingerprint density at radius 2 is 1.90 bits per heavy atom. The van der Waals surface area contributed by atoms with Gasteiger partial charge in [-0.15, -0.1) is 5.53 Å². The SMILES string of the molecule is O=C(Nc1ccc(OC2CCC2)cc1)c1cc(-c2ccc3c(n2)NNN3)ccc1F. The number of carbonyl (C=O) groups is 1. The van der Waals surface area contributed by atoms with Gasteiger partial charge >= 0.3 is 0 Å². The number of ether oxygens (including phenoxy) is 1. The van der Waals surface area contributed by atoms with E-state index in [1.54, 1.807) is 24.3 Å². The lowest BCUT2D eigenvalue weighted by Crippen LogP contribution is -2.24. The molecule has 0 atom stereocenters. The number of nitrogens with zero attached hydrogens (tertiary/aromatic N) is 1. The number of fused-ring (bicyclic) bond motifs is 1. The van der Waals surface area contributed by atoms with E-state index in [0.717, 1.165) is 24.3 Å². The van der Waals surface area contributed by atoms with Crippen LogP contribution in [0.3, 0.4) is 0 Å². The number of carbonyl (C=O) groups excluding carboxylic acids is 1. The molecule has 1 aliphatic heterocycles. The van der Waals surface area contributed by atoms with Crippen molar-refractivity contribution in [1.82, 2.24) is 10.5 Å². The molecule has 8 heteroatoms. The zero-order chi connectivity index (χ0) is 20.5. The average molecular weight is 405 g/mol. The van der Waals surface area contributed by atoms with Crippen LogP contribution in [0.25, 0.3) is 11.3 Å². The molecule has 1 amide bonds. The van der Waals surface area contributed by atoms with E-state index in [1.165, 1.54) is 18.6 Å². The first-order chi connectivity index (χ1) is 14.7. The van der Waals surface area contributed by atoms with Crippen LogP contribution in [-0.4, -0.2) is 17.0 Å². The molecule has 2 heterocycles. The topological polar surface area (TPSA) is 87.3 Å². The number of hydrogen-bond acceptors (Lipinski definition) is 6. The van der Waals surface area contributed by atoms with Crippen molar-refractivity contribution in [2.24, 2.45) is 0 Å². The summed E-state index contributed by atoms with van der Waals surface area (Å²) >= 11 is 0. The van der Waals surface area contributed by atoms with E-state index in [4.69, 9.17) is 4.74 Å². The van der Waals surface area contributed by atoms with Crippen LogP contribution in [-0.2, 0) is 0 Å². The number of pyridine rings is 1. The summed E-state index contributed by atoms with van der Waals surface area (Å²) in [7, 11) is 0. The first-order valence-corrected chi connectivity index (χ1v) is 9.82. The molecule has 0 spiro atoms. The third kappa shape index (κ3) is 3.65. The molecule has 0 bridgehead atoms. The van der Waals surface area contributed by atoms with E-state index in [-0.39, 0.29) is 11.7 Å². The first-order valence-electron chi connectivity index (χ1n) is 9.82. The standard InChI is InChI=1S/C22H20FN5O2/c23-18-9-4-13(19-10-11-20-21(25-19)27-28-26-20)12-17(18)22(29)24-14-5-7-16(8-6-14)30-15-2-1-3-15/h4-12,15,26,28H,1-3H2,(H,24,29)(H,25,27). The van der Waals surface area contributed by atoms with Crippen LogP contribution in [0.15, 0.2) is 54.6 Å². The Bertz CT molecular complexity index is 1100. The predicted molar refractivity (Wildman–Crippen MR) is 113 cm³/mol. The number of anilines is 3. The smallest absolute Gasteiger partial charge is 0.258 e. The summed E-state index contributed by atoms with van der Waals surface area (Å²) in [6, 6.07) is 15.2. The molecule has 1 saturated carbocycles. The van der Waals surface area contributed by atoms with Gasteiger partial charge in [0, 0.05) is 11.3 Å². The Morgan fingerprint density at radius 3 is 2.67 bits per heavy atom. The van der Waals surface area contributed by atoms with Crippen molar-refractivity contribution in [3.8, 4) is 17.0 Å². The van der Waals surface area contributed by atoms with Gasteiger partial charge in [0.25, 0.3) is 5.91 Å². The third-order valence-electron chi connectivity index (χ3n) is 5.25. The van der Waals surface area contributed by atoms with Gasteiger partial charge in [0.05, 0.1) is 23.0 Å². The molecule has 2 aromatic carbocycles. The molecule has 1 fully saturated rings. The minimum atomic E-state index is -0.594. The Morgan fingerprint density at radius 1 is 1.07 bits per heavy atom. The summed E-state index contributed by atoms with van der Waals surface area (Å²) in [6.07, 6.45) is 3.65. The first kappa shape index (κ1) is 18.4. The summed E-state index contributed by atoms with van der Waals surface area (Å²) in [6.45, 7) is 0. The fraction of sp³-hybridized carbons (Fsp3) is 0.182. The second-order valence-electron chi connectivity index (χ2n) is 7.31. The van der Waals surface area contributed by atoms with Gasteiger partial charge < -0.3 is 15.5 Å². The summed E-state index contributed by atoms with van der Waals surface area (Å²) in [4.78, 5) is 17.2. The highest BCUT2D eigenvalue weighted by Crippen LogP contribution is 2.29. The van der Waals surface area contributed by atoms with Crippen molar-refractivity contribution in [2.45, 2.75) is 25.4 Å². The van der Waals surface area contributed by atoms with Gasteiger partial charge in [0.1, 0.15) is 11.6 Å². The third-order valence-corrected chi connectivity index (χ3v) is 5.25. The number of aromatic nitrogens is 1. The Balaban J connectivity index is 1.33. The van der Waals surface area contributed by atoms with Gasteiger partial charge in [-0.25, -0.2) is 9.37 Å². The molecular formula is C22H20FN5O2. The minimum absolute atomic E-state index is 0.0474. The van der Waals surface area contributed by atoms with Crippen LogP contribution in [0, 0.1) is 5.82 Å². The van der Waals surface area contributed by atoms with Crippen molar-refractivity contribution in [3.05, 3.63) is 66.0 Å². The summed E-state index contributed by atoms with van der Waals surface area (Å²) in [5.74, 6) is 0.284. The number of hydrogen-bond donors (Lipinski definition) is 4. The summed E-state index contributed by atoms with van der Waals surface area (Å²) in [5.41, 5.74) is 11.1. The van der Waals surface area contributed by atoms with E-state index in [1.807, 2.05) is 18.2 Å². The Kier molecular flexibility index (Phi) is 4.68. The van der Waals surface area contributed by atoms with Crippen LogP contribution in [0.2, 0.25) is 0 Å². The average Bonchev–Trinajstić information content (AvgIpc) is 3.20. The normalized spacial score (nSPS) is 14.8. The van der Waals surface area contributed by atoms with Gasteiger partial charge in [-0.3, -0.25) is 10.2 Å². The zero-order valence-corrected chi connectivity index (χ0v) is 16.0. The summed E-state index contributed by atoms with van der Waals surface area (Å²) in [5, 5.41) is 2.74. The van der Waals surface area contributed by atoms with Crippen LogP contribution < -0.4 is 26.4 Å². The predicted octanol–water partition coefficient (Wildman–Crippen LogP) is 4.33. The molecule has 152 valence electrons. The lowest BCUT2D eigenvalue weighted by Gasteiger charge is -2.26. The number of benzene rings is 2. The van der Waals surface area contributed by atoms with E-state index >= 15 is 0 Å². The molecule has 2 aliphatic rings. The maximum Gasteiger partial charge on any atom is 0.258 e. The molecule has 1 aromatic heterocycles. The van der Waals surface area contributed by atoms with Gasteiger partial charge in [-0.05, 0) is 73.9 Å². The Labute approximate surface area is 172 Å². The lowest BCUT2D eigenvalue weighted by molar-refractivity contribution is 0.102. The number of rotatable bonds is 5. The molecule has 0 saturated heterocycles. The number of hydrazine groups is 2. The molecule has 0 radical (unpaired) electrons. The fourth-order valence-corrected chi connectivity index (χ4v) is 3.33. The highest BCUT2D eigenvalue weighted by atomic mass is 19.1. The van der Waals surface area contributed by atoms with E-state index in [9.17, 15) is 9.18 Å². The van der Waals surface area contributed by atoms with Crippen LogP contribution in [0.1, 0.15) is 29.6 Å². The molecule has 5 rings (SSSR count). The molecule has 4 N–H and O–H groups in total. The lowest BCUT2D eigenvalue weighted by atomic mass is 9.96. The van der Waals surface area contributed by atoms with E-state index in [0.29, 0.717) is 22.8 Å². The molecule has 7 nitrogen and oxygen atoms in total. The van der Waals surface area contributed by atoms with Crippen molar-refractivity contribution >= 4 is 23.1 Å². The molecule has 1 aliphatic carbocycles. The van der Waals surface area contributed by atoms with Crippen molar-refractivity contribution in [2.75, 3.05) is 16.2 Å². The quantitative estimate of drug-likeness (QED) is 0.506. The fourth-order valence-electron chi connectivity index (χ4n) is 3.33. The highest BCUT2D eigenvalue weighted by Gasteiger charge is 2.19. The maximum absolute atomic E-state index is 14.4. The van der Waals surface area contributed by atoms with E-state index in [2.05, 4.69) is 26.7 Å². The van der Waals surface area contributed by atoms with Crippen LogP contribution in [0.4, 0.5) is 21.6 Å². The summed E-state index contributed by atoms with van der Waals surface area (Å²) < 4.78 is 20.2. The highest BCUT2D eigenvalue weighted by molar-refractivity contribution is 6.05. The van der Waals surface area contributed by atoms with E-state index < -0.39 is 11.7 Å². The molecular weight excluding hydrogens is 385 g/mol. The van der Waals surface area contributed by atoms with Crippen molar-refractivity contribution < 1.29 is 13.9 Å². The largest absolute Gasteiger partial charge is 0.490 e. The van der Waals surface area contributed by atoms with Gasteiger partial charge in [-0.1, -0.05) is 0 Å². The monoisotopic (exact) mass is 405 g/mol. The zero-order valence-electron chi connectivity index (χ0n) is 16.0. The Hall–Kier alpha value is -3.65. The molecule has 3 aromatic rings. The minimum Gasteiger partial charge on any atom is -0.490 e. The van der Waals surface area contributed by atoms with Crippen LogP contribution in [0.5, 0.6) is 5.75 Å². The number of nitrogens with one attached hydrogen (secondary N) is 4. The van der Waals surface area contributed by atoms with Crippen molar-refractivity contribution in [1.29, 1.82) is 0 Å². The second kappa shape index (κ2) is 7.64. The second-order valence-corrected chi connectivity index (χ2v) is 7.31. The van der Waals surface area contributed by atoms with Gasteiger partial charge in [-0.2, -0.15) is 0 Å². The molecule has 0 unspecified atom stereocenters.